The first kappa shape index (κ1) is 8.73. The van der Waals surface area contributed by atoms with Crippen molar-refractivity contribution < 1.29 is 5.11 Å². The van der Waals surface area contributed by atoms with Crippen LogP contribution in [0.1, 0.15) is 17.5 Å². The maximum Gasteiger partial charge on any atom is 0.0448 e. The van der Waals surface area contributed by atoms with Crippen LogP contribution < -0.4 is 5.73 Å². The van der Waals surface area contributed by atoms with Crippen molar-refractivity contribution in [3.8, 4) is 0 Å². The Bertz CT molecular complexity index is 284. The van der Waals surface area contributed by atoms with Crippen LogP contribution in [0, 0.1) is 0 Å². The van der Waals surface area contributed by atoms with E-state index in [9.17, 15) is 0 Å². The first-order chi connectivity index (χ1) is 6.23. The summed E-state index contributed by atoms with van der Waals surface area (Å²) in [7, 11) is 0. The molecule has 1 aliphatic rings. The van der Waals surface area contributed by atoms with Gasteiger partial charge in [0, 0.05) is 12.1 Å². The highest BCUT2D eigenvalue weighted by molar-refractivity contribution is 5.35. The molecule has 0 radical (unpaired) electrons. The summed E-state index contributed by atoms with van der Waals surface area (Å²) in [6.07, 6.45) is 2.51. The van der Waals surface area contributed by atoms with Gasteiger partial charge in [-0.15, -0.1) is 0 Å². The van der Waals surface area contributed by atoms with Crippen LogP contribution in [0.4, 0.5) is 0 Å². The van der Waals surface area contributed by atoms with Crippen molar-refractivity contribution in [3.05, 3.63) is 35.4 Å². The van der Waals surface area contributed by atoms with Crippen molar-refractivity contribution in [2.45, 2.75) is 24.8 Å². The minimum absolute atomic E-state index is 0.185. The molecule has 2 rings (SSSR count). The number of rotatable bonds is 2. The van der Waals surface area contributed by atoms with Gasteiger partial charge in [-0.2, -0.15) is 0 Å². The molecule has 0 amide bonds. The summed E-state index contributed by atoms with van der Waals surface area (Å²) in [5, 5.41) is 8.89. The molecular formula is C11H15NO. The molecule has 0 heterocycles. The van der Waals surface area contributed by atoms with Crippen LogP contribution in [0.25, 0.3) is 0 Å². The highest BCUT2D eigenvalue weighted by atomic mass is 16.3. The molecule has 2 heteroatoms. The SMILES string of the molecule is NC1(CCO)Cc2ccccc2C1. The zero-order valence-electron chi connectivity index (χ0n) is 7.66. The summed E-state index contributed by atoms with van der Waals surface area (Å²) in [5.74, 6) is 0. The molecule has 0 unspecified atom stereocenters. The van der Waals surface area contributed by atoms with E-state index < -0.39 is 0 Å². The fourth-order valence-corrected chi connectivity index (χ4v) is 2.12. The van der Waals surface area contributed by atoms with E-state index in [2.05, 4.69) is 12.1 Å². The largest absolute Gasteiger partial charge is 0.396 e. The van der Waals surface area contributed by atoms with Crippen LogP contribution in [-0.4, -0.2) is 17.3 Å². The number of nitrogens with two attached hydrogens (primary N) is 1. The number of hydrogen-bond donors (Lipinski definition) is 2. The summed E-state index contributed by atoms with van der Waals surface area (Å²) in [6.45, 7) is 0.185. The predicted octanol–water partition coefficient (Wildman–Crippen LogP) is 0.865. The topological polar surface area (TPSA) is 46.2 Å². The fraction of sp³-hybridized carbons (Fsp3) is 0.455. The number of hydrogen-bond acceptors (Lipinski definition) is 2. The molecule has 0 atom stereocenters. The predicted molar refractivity (Wildman–Crippen MR) is 52.5 cm³/mol. The second-order valence-corrected chi connectivity index (χ2v) is 3.96. The summed E-state index contributed by atoms with van der Waals surface area (Å²) in [6, 6.07) is 8.34. The fourth-order valence-electron chi connectivity index (χ4n) is 2.12. The zero-order chi connectivity index (χ0) is 9.31. The van der Waals surface area contributed by atoms with Crippen LogP contribution in [0.5, 0.6) is 0 Å². The normalized spacial score (nSPS) is 18.6. The highest BCUT2D eigenvalue weighted by Crippen LogP contribution is 2.29. The summed E-state index contributed by atoms with van der Waals surface area (Å²) in [4.78, 5) is 0. The van der Waals surface area contributed by atoms with Crippen molar-refractivity contribution in [3.63, 3.8) is 0 Å². The van der Waals surface area contributed by atoms with Gasteiger partial charge in [-0.05, 0) is 30.4 Å². The van der Waals surface area contributed by atoms with Gasteiger partial charge >= 0.3 is 0 Å². The van der Waals surface area contributed by atoms with E-state index >= 15 is 0 Å². The molecule has 0 aromatic heterocycles. The third kappa shape index (κ3) is 1.60. The van der Waals surface area contributed by atoms with Crippen molar-refractivity contribution in [1.29, 1.82) is 0 Å². The van der Waals surface area contributed by atoms with Gasteiger partial charge in [-0.1, -0.05) is 24.3 Å². The van der Waals surface area contributed by atoms with E-state index in [1.807, 2.05) is 12.1 Å². The van der Waals surface area contributed by atoms with Crippen molar-refractivity contribution in [2.24, 2.45) is 5.73 Å². The van der Waals surface area contributed by atoms with Crippen molar-refractivity contribution in [1.82, 2.24) is 0 Å². The van der Waals surface area contributed by atoms with E-state index in [0.717, 1.165) is 12.8 Å². The molecule has 70 valence electrons. The first-order valence-corrected chi connectivity index (χ1v) is 4.70. The summed E-state index contributed by atoms with van der Waals surface area (Å²) in [5.41, 5.74) is 8.66. The number of benzene rings is 1. The average Bonchev–Trinajstić information content (AvgIpc) is 2.40. The standard InChI is InChI=1S/C11H15NO/c12-11(5-6-13)7-9-3-1-2-4-10(9)8-11/h1-4,13H,5-8,12H2. The van der Waals surface area contributed by atoms with Gasteiger partial charge in [0.05, 0.1) is 0 Å². The van der Waals surface area contributed by atoms with E-state index in [1.165, 1.54) is 11.1 Å². The molecule has 1 aliphatic carbocycles. The molecule has 0 bridgehead atoms. The smallest absolute Gasteiger partial charge is 0.0448 e. The number of fused-ring (bicyclic) bond motifs is 1. The van der Waals surface area contributed by atoms with Gasteiger partial charge in [0.25, 0.3) is 0 Å². The van der Waals surface area contributed by atoms with Crippen LogP contribution in [0.2, 0.25) is 0 Å². The molecule has 0 saturated heterocycles. The Kier molecular flexibility index (Phi) is 2.10. The minimum atomic E-state index is -0.196. The molecule has 0 saturated carbocycles. The van der Waals surface area contributed by atoms with Crippen LogP contribution in [0.3, 0.4) is 0 Å². The molecular weight excluding hydrogens is 162 g/mol. The van der Waals surface area contributed by atoms with E-state index in [4.69, 9.17) is 10.8 Å². The van der Waals surface area contributed by atoms with Crippen LogP contribution in [-0.2, 0) is 12.8 Å². The third-order valence-electron chi connectivity index (χ3n) is 2.81. The molecule has 1 aromatic rings. The van der Waals surface area contributed by atoms with Crippen LogP contribution in [0.15, 0.2) is 24.3 Å². The zero-order valence-corrected chi connectivity index (χ0v) is 7.66. The lowest BCUT2D eigenvalue weighted by atomic mass is 9.93. The number of aliphatic hydroxyl groups is 1. The van der Waals surface area contributed by atoms with Gasteiger partial charge in [0.2, 0.25) is 0 Å². The molecule has 0 fully saturated rings. The molecule has 2 nitrogen and oxygen atoms in total. The van der Waals surface area contributed by atoms with Gasteiger partial charge < -0.3 is 10.8 Å². The highest BCUT2D eigenvalue weighted by Gasteiger charge is 2.32. The Balaban J connectivity index is 2.21. The Morgan fingerprint density at radius 1 is 1.23 bits per heavy atom. The van der Waals surface area contributed by atoms with Crippen molar-refractivity contribution in [2.75, 3.05) is 6.61 Å². The Hall–Kier alpha value is -0.860. The molecule has 0 aliphatic heterocycles. The molecule has 1 aromatic carbocycles. The van der Waals surface area contributed by atoms with Crippen molar-refractivity contribution >= 4 is 0 Å². The van der Waals surface area contributed by atoms with E-state index in [1.54, 1.807) is 0 Å². The average molecular weight is 177 g/mol. The summed E-state index contributed by atoms with van der Waals surface area (Å²) < 4.78 is 0. The Morgan fingerprint density at radius 3 is 2.23 bits per heavy atom. The van der Waals surface area contributed by atoms with E-state index in [0.29, 0.717) is 6.42 Å². The number of aliphatic hydroxyl groups excluding tert-OH is 1. The van der Waals surface area contributed by atoms with Gasteiger partial charge in [0.1, 0.15) is 0 Å². The summed E-state index contributed by atoms with van der Waals surface area (Å²) >= 11 is 0. The Morgan fingerprint density at radius 2 is 1.77 bits per heavy atom. The van der Waals surface area contributed by atoms with Gasteiger partial charge in [-0.3, -0.25) is 0 Å². The lowest BCUT2D eigenvalue weighted by Crippen LogP contribution is -2.41. The quantitative estimate of drug-likeness (QED) is 0.704. The lowest BCUT2D eigenvalue weighted by Gasteiger charge is -2.21. The molecule has 0 spiro atoms. The lowest BCUT2D eigenvalue weighted by molar-refractivity contribution is 0.241. The maximum absolute atomic E-state index is 8.89. The van der Waals surface area contributed by atoms with Gasteiger partial charge in [0.15, 0.2) is 0 Å². The molecule has 13 heavy (non-hydrogen) atoms. The minimum Gasteiger partial charge on any atom is -0.396 e. The first-order valence-electron chi connectivity index (χ1n) is 4.70. The third-order valence-corrected chi connectivity index (χ3v) is 2.81. The second-order valence-electron chi connectivity index (χ2n) is 3.96. The van der Waals surface area contributed by atoms with E-state index in [-0.39, 0.29) is 12.1 Å². The van der Waals surface area contributed by atoms with Gasteiger partial charge in [-0.25, -0.2) is 0 Å². The second kappa shape index (κ2) is 3.13. The van der Waals surface area contributed by atoms with Crippen LogP contribution >= 0.6 is 0 Å². The molecule has 3 N–H and O–H groups in total. The monoisotopic (exact) mass is 177 g/mol. The maximum atomic E-state index is 8.89. The Labute approximate surface area is 78.4 Å².